The summed E-state index contributed by atoms with van der Waals surface area (Å²) < 4.78 is 14.6. The predicted molar refractivity (Wildman–Crippen MR) is 119 cm³/mol. The molecule has 3 N–H and O–H groups in total. The van der Waals surface area contributed by atoms with Crippen LogP contribution in [0.15, 0.2) is 30.6 Å². The molecule has 1 saturated carbocycles. The molecule has 0 saturated heterocycles. The molecule has 1 fully saturated rings. The minimum absolute atomic E-state index is 0.0270. The summed E-state index contributed by atoms with van der Waals surface area (Å²) in [5.74, 6) is -2.39. The first-order valence-corrected chi connectivity index (χ1v) is 11.1. The molecule has 4 rings (SSSR count). The van der Waals surface area contributed by atoms with E-state index in [1.807, 2.05) is 0 Å². The number of hydrogen-bond acceptors (Lipinski definition) is 6. The Balaban J connectivity index is 1.43. The topological polar surface area (TPSA) is 139 Å². The van der Waals surface area contributed by atoms with Crippen LogP contribution >= 0.6 is 11.6 Å². The number of carboxylic acids is 1. The minimum Gasteiger partial charge on any atom is -0.481 e. The summed E-state index contributed by atoms with van der Waals surface area (Å²) >= 11 is 5.77. The fourth-order valence-corrected chi connectivity index (χ4v) is 4.16. The van der Waals surface area contributed by atoms with Gasteiger partial charge in [0.2, 0.25) is 0 Å². The zero-order valence-corrected chi connectivity index (χ0v) is 18.8. The minimum atomic E-state index is -0.777. The number of carbonyl (C=O) groups is 3. The normalized spacial score (nSPS) is 17.9. The van der Waals surface area contributed by atoms with Gasteiger partial charge in [-0.05, 0) is 49.3 Å². The second-order valence-electron chi connectivity index (χ2n) is 8.20. The second-order valence-corrected chi connectivity index (χ2v) is 8.60. The van der Waals surface area contributed by atoms with Crippen molar-refractivity contribution in [3.05, 3.63) is 58.4 Å². The molecular formula is C22H22ClFN6O4. The summed E-state index contributed by atoms with van der Waals surface area (Å²) in [7, 11) is 0. The number of hydrogen-bond donors (Lipinski definition) is 3. The zero-order valence-electron chi connectivity index (χ0n) is 18.0. The van der Waals surface area contributed by atoms with Gasteiger partial charge in [-0.15, -0.1) is 0 Å². The number of aliphatic carboxylic acids is 1. The third-order valence-corrected chi connectivity index (χ3v) is 6.19. The Bertz CT molecular complexity index is 1240. The molecule has 34 heavy (non-hydrogen) atoms. The van der Waals surface area contributed by atoms with Gasteiger partial charge in [0.15, 0.2) is 0 Å². The van der Waals surface area contributed by atoms with Crippen molar-refractivity contribution in [2.45, 2.75) is 32.2 Å². The van der Waals surface area contributed by atoms with Crippen LogP contribution in [0.4, 0.5) is 4.39 Å². The Morgan fingerprint density at radius 1 is 1.12 bits per heavy atom. The molecule has 1 aromatic carbocycles. The quantitative estimate of drug-likeness (QED) is 0.464. The maximum atomic E-state index is 13.3. The summed E-state index contributed by atoms with van der Waals surface area (Å²) in [6.45, 7) is 0.468. The first kappa shape index (κ1) is 23.6. The monoisotopic (exact) mass is 488 g/mol. The summed E-state index contributed by atoms with van der Waals surface area (Å²) in [6, 6.07) is 5.45. The Morgan fingerprint density at radius 2 is 1.88 bits per heavy atom. The van der Waals surface area contributed by atoms with Crippen LogP contribution in [-0.2, 0) is 11.3 Å². The van der Waals surface area contributed by atoms with Gasteiger partial charge in [-0.2, -0.15) is 14.6 Å². The molecule has 12 heteroatoms. The number of fused-ring (bicyclic) bond motifs is 1. The van der Waals surface area contributed by atoms with Gasteiger partial charge in [0.25, 0.3) is 17.6 Å². The van der Waals surface area contributed by atoms with Gasteiger partial charge in [0.1, 0.15) is 23.5 Å². The number of carbonyl (C=O) groups excluding carboxylic acids is 2. The van der Waals surface area contributed by atoms with E-state index in [1.54, 1.807) is 0 Å². The van der Waals surface area contributed by atoms with Gasteiger partial charge in [0, 0.05) is 19.2 Å². The predicted octanol–water partition coefficient (Wildman–Crippen LogP) is 2.47. The van der Waals surface area contributed by atoms with Gasteiger partial charge in [-0.25, -0.2) is 9.37 Å². The number of amides is 2. The van der Waals surface area contributed by atoms with Crippen LogP contribution in [0.3, 0.4) is 0 Å². The third-order valence-electron chi connectivity index (χ3n) is 5.90. The molecule has 1 aliphatic rings. The third kappa shape index (κ3) is 5.30. The molecule has 2 heterocycles. The molecular weight excluding hydrogens is 467 g/mol. The van der Waals surface area contributed by atoms with Crippen LogP contribution in [0.5, 0.6) is 0 Å². The Hall–Kier alpha value is -3.60. The summed E-state index contributed by atoms with van der Waals surface area (Å²) in [5.41, 5.74) is 0.663. The van der Waals surface area contributed by atoms with Crippen molar-refractivity contribution in [2.24, 2.45) is 11.8 Å². The molecule has 2 amide bonds. The average Bonchev–Trinajstić information content (AvgIpc) is 3.31. The van der Waals surface area contributed by atoms with Gasteiger partial charge in [0.05, 0.1) is 10.9 Å². The van der Waals surface area contributed by atoms with E-state index >= 15 is 0 Å². The van der Waals surface area contributed by atoms with Gasteiger partial charge < -0.3 is 15.7 Å². The van der Waals surface area contributed by atoms with Crippen LogP contribution in [0.25, 0.3) is 5.78 Å². The number of aromatic nitrogens is 4. The Labute approximate surface area is 198 Å². The average molecular weight is 489 g/mol. The Kier molecular flexibility index (Phi) is 7.01. The van der Waals surface area contributed by atoms with Crippen molar-refractivity contribution in [2.75, 3.05) is 6.54 Å². The smallest absolute Gasteiger partial charge is 0.306 e. The SMILES string of the molecule is O=C(NCc1ccc(F)c(Cl)c1)c1cc(C(=O)NC[C@H]2CC[C@H](C(=O)O)CC2)n2ncnc2n1. The molecule has 0 bridgehead atoms. The fourth-order valence-electron chi connectivity index (χ4n) is 3.95. The van der Waals surface area contributed by atoms with Crippen molar-refractivity contribution in [1.82, 2.24) is 30.2 Å². The molecule has 1 aliphatic carbocycles. The molecule has 0 radical (unpaired) electrons. The number of nitrogens with zero attached hydrogens (tertiary/aromatic N) is 4. The van der Waals surface area contributed by atoms with Crippen LogP contribution in [-0.4, -0.2) is 49.0 Å². The fraction of sp³-hybridized carbons (Fsp3) is 0.364. The Morgan fingerprint density at radius 3 is 2.59 bits per heavy atom. The van der Waals surface area contributed by atoms with E-state index in [1.165, 1.54) is 35.1 Å². The molecule has 0 unspecified atom stereocenters. The lowest BCUT2D eigenvalue weighted by molar-refractivity contribution is -0.143. The van der Waals surface area contributed by atoms with Gasteiger partial charge >= 0.3 is 5.97 Å². The maximum absolute atomic E-state index is 13.3. The van der Waals surface area contributed by atoms with E-state index in [0.29, 0.717) is 37.8 Å². The first-order chi connectivity index (χ1) is 16.3. The van der Waals surface area contributed by atoms with Crippen molar-refractivity contribution >= 4 is 35.2 Å². The first-order valence-electron chi connectivity index (χ1n) is 10.8. The van der Waals surface area contributed by atoms with E-state index in [9.17, 15) is 18.8 Å². The number of carboxylic acid groups (broad SMARTS) is 1. The molecule has 0 aliphatic heterocycles. The largest absolute Gasteiger partial charge is 0.481 e. The maximum Gasteiger partial charge on any atom is 0.306 e. The van der Waals surface area contributed by atoms with Gasteiger partial charge in [-0.3, -0.25) is 14.4 Å². The number of rotatable bonds is 7. The highest BCUT2D eigenvalue weighted by molar-refractivity contribution is 6.30. The number of benzene rings is 1. The highest BCUT2D eigenvalue weighted by atomic mass is 35.5. The standard InChI is InChI=1S/C22H22ClFN6O4/c23-15-7-13(3-6-16(15)24)10-25-19(31)17-8-18(30-22(29-17)27-11-28-30)20(32)26-9-12-1-4-14(5-2-12)21(33)34/h3,6-8,11-12,14H,1-2,4-5,9-10H2,(H,25,31)(H,26,32)(H,33,34)/t12-,14-. The van der Waals surface area contributed by atoms with Crippen LogP contribution < -0.4 is 10.6 Å². The lowest BCUT2D eigenvalue weighted by Gasteiger charge is -2.26. The van der Waals surface area contributed by atoms with Crippen LogP contribution in [0.1, 0.15) is 52.2 Å². The zero-order chi connectivity index (χ0) is 24.2. The molecule has 10 nitrogen and oxygen atoms in total. The molecule has 0 atom stereocenters. The van der Waals surface area contributed by atoms with E-state index in [0.717, 1.165) is 0 Å². The molecule has 0 spiro atoms. The highest BCUT2D eigenvalue weighted by Gasteiger charge is 2.26. The van der Waals surface area contributed by atoms with Gasteiger partial charge in [-0.1, -0.05) is 17.7 Å². The van der Waals surface area contributed by atoms with Crippen LogP contribution in [0.2, 0.25) is 5.02 Å². The van der Waals surface area contributed by atoms with Crippen molar-refractivity contribution in [3.8, 4) is 0 Å². The van der Waals surface area contributed by atoms with Crippen molar-refractivity contribution in [1.29, 1.82) is 0 Å². The second kappa shape index (κ2) is 10.1. The number of nitrogens with one attached hydrogen (secondary N) is 2. The van der Waals surface area contributed by atoms with E-state index in [4.69, 9.17) is 16.7 Å². The van der Waals surface area contributed by atoms with Crippen molar-refractivity contribution in [3.63, 3.8) is 0 Å². The van der Waals surface area contributed by atoms with Crippen molar-refractivity contribution < 1.29 is 23.9 Å². The number of halogens is 2. The lowest BCUT2D eigenvalue weighted by atomic mass is 9.82. The van der Waals surface area contributed by atoms with E-state index in [2.05, 4.69) is 25.7 Å². The highest BCUT2D eigenvalue weighted by Crippen LogP contribution is 2.28. The van der Waals surface area contributed by atoms with Crippen LogP contribution in [0, 0.1) is 17.7 Å². The summed E-state index contributed by atoms with van der Waals surface area (Å²) in [4.78, 5) is 44.8. The summed E-state index contributed by atoms with van der Waals surface area (Å²) in [5, 5.41) is 18.6. The molecule has 3 aromatic rings. The summed E-state index contributed by atoms with van der Waals surface area (Å²) in [6.07, 6.45) is 3.83. The molecule has 2 aromatic heterocycles. The lowest BCUT2D eigenvalue weighted by Crippen LogP contribution is -2.34. The molecule has 178 valence electrons. The van der Waals surface area contributed by atoms with E-state index < -0.39 is 23.6 Å². The van der Waals surface area contributed by atoms with E-state index in [-0.39, 0.29) is 40.6 Å².